The van der Waals surface area contributed by atoms with Gasteiger partial charge in [0.2, 0.25) is 6.79 Å². The number of rotatable bonds is 5. The molecule has 6 nitrogen and oxygen atoms in total. The first kappa shape index (κ1) is 25.0. The summed E-state index contributed by atoms with van der Waals surface area (Å²) >= 11 is 17.8. The van der Waals surface area contributed by atoms with Gasteiger partial charge in [-0.05, 0) is 90.3 Å². The van der Waals surface area contributed by atoms with Gasteiger partial charge in [0, 0.05) is 4.47 Å². The topological polar surface area (TPSA) is 69.2 Å². The van der Waals surface area contributed by atoms with E-state index in [9.17, 15) is 4.79 Å². The molecule has 0 saturated carbocycles. The van der Waals surface area contributed by atoms with Crippen molar-refractivity contribution in [3.05, 3.63) is 84.1 Å². The van der Waals surface area contributed by atoms with Gasteiger partial charge < -0.3 is 19.5 Å². The standard InChI is InChI=1S/C26H19BrCl2N2O4S/c1-13-5-17(6-14(2)23(13)27)30-26-31-25(32)22(36-26)10-16-7-18(28)24(19(29)8-16)33-11-15-3-4-20-21(9-15)35-12-34-20/h3-10H,11-12H2,1-2H3,(H,30,31,32)/b22-10-. The minimum atomic E-state index is -0.236. The van der Waals surface area contributed by atoms with Crippen molar-refractivity contribution in [1.29, 1.82) is 0 Å². The monoisotopic (exact) mass is 604 g/mol. The summed E-state index contributed by atoms with van der Waals surface area (Å²) in [4.78, 5) is 17.6. The number of aryl methyl sites for hydroxylation is 2. The molecule has 1 fully saturated rings. The third-order valence-corrected chi connectivity index (χ3v) is 8.16. The molecule has 0 bridgehead atoms. The van der Waals surface area contributed by atoms with Crippen molar-refractivity contribution in [2.75, 3.05) is 6.79 Å². The van der Waals surface area contributed by atoms with Crippen LogP contribution in [0.4, 0.5) is 5.69 Å². The molecule has 1 saturated heterocycles. The summed E-state index contributed by atoms with van der Waals surface area (Å²) in [5.74, 6) is 1.51. The van der Waals surface area contributed by atoms with Gasteiger partial charge in [0.15, 0.2) is 22.4 Å². The van der Waals surface area contributed by atoms with Crippen molar-refractivity contribution in [2.45, 2.75) is 20.5 Å². The molecule has 3 aromatic rings. The van der Waals surface area contributed by atoms with Gasteiger partial charge in [0.1, 0.15) is 6.61 Å². The summed E-state index contributed by atoms with van der Waals surface area (Å²) in [6.07, 6.45) is 1.72. The van der Waals surface area contributed by atoms with Crippen LogP contribution >= 0.6 is 50.9 Å². The first-order chi connectivity index (χ1) is 17.3. The van der Waals surface area contributed by atoms with E-state index in [0.717, 1.165) is 26.9 Å². The lowest BCUT2D eigenvalue weighted by atomic mass is 10.1. The molecule has 0 unspecified atom stereocenters. The zero-order valence-corrected chi connectivity index (χ0v) is 23.1. The van der Waals surface area contributed by atoms with E-state index >= 15 is 0 Å². The second-order valence-corrected chi connectivity index (χ2v) is 10.8. The van der Waals surface area contributed by atoms with Crippen molar-refractivity contribution >= 4 is 73.7 Å². The quantitative estimate of drug-likeness (QED) is 0.304. The van der Waals surface area contributed by atoms with E-state index in [4.69, 9.17) is 37.4 Å². The van der Waals surface area contributed by atoms with E-state index in [0.29, 0.717) is 42.9 Å². The maximum atomic E-state index is 12.5. The number of halogens is 3. The van der Waals surface area contributed by atoms with Crippen LogP contribution in [0.15, 0.2) is 56.8 Å². The molecule has 2 heterocycles. The summed E-state index contributed by atoms with van der Waals surface area (Å²) in [7, 11) is 0. The number of thioether (sulfide) groups is 1. The Labute approximate surface area is 230 Å². The van der Waals surface area contributed by atoms with Gasteiger partial charge >= 0.3 is 0 Å². The SMILES string of the molecule is Cc1cc(N=C2NC(=O)/C(=C/c3cc(Cl)c(OCc4ccc5c(c4)OCO5)c(Cl)c3)S2)cc(C)c1Br. The van der Waals surface area contributed by atoms with Gasteiger partial charge in [-0.25, -0.2) is 4.99 Å². The number of ether oxygens (including phenoxy) is 3. The highest BCUT2D eigenvalue weighted by Crippen LogP contribution is 2.38. The number of nitrogens with one attached hydrogen (secondary N) is 1. The lowest BCUT2D eigenvalue weighted by Crippen LogP contribution is -2.19. The number of benzene rings is 3. The summed E-state index contributed by atoms with van der Waals surface area (Å²) in [5, 5.41) is 4.00. The fourth-order valence-electron chi connectivity index (χ4n) is 3.72. The second-order valence-electron chi connectivity index (χ2n) is 8.17. The van der Waals surface area contributed by atoms with Crippen LogP contribution in [-0.4, -0.2) is 17.9 Å². The Bertz CT molecular complexity index is 1410. The normalized spacial score (nSPS) is 16.6. The van der Waals surface area contributed by atoms with E-state index in [1.54, 1.807) is 18.2 Å². The van der Waals surface area contributed by atoms with Crippen LogP contribution in [0.1, 0.15) is 22.3 Å². The molecule has 5 rings (SSSR count). The zero-order chi connectivity index (χ0) is 25.4. The van der Waals surface area contributed by atoms with Crippen molar-refractivity contribution in [3.63, 3.8) is 0 Å². The Morgan fingerprint density at radius 1 is 1.08 bits per heavy atom. The number of amides is 1. The second kappa shape index (κ2) is 10.4. The fraction of sp³-hybridized carbons (Fsp3) is 0.154. The number of carbonyl (C=O) groups excluding carboxylic acids is 1. The van der Waals surface area contributed by atoms with Crippen LogP contribution in [0.25, 0.3) is 6.08 Å². The molecular weight excluding hydrogens is 587 g/mol. The molecule has 3 aromatic carbocycles. The maximum absolute atomic E-state index is 12.5. The minimum Gasteiger partial charge on any atom is -0.486 e. The average Bonchev–Trinajstić information content (AvgIpc) is 3.42. The van der Waals surface area contributed by atoms with Crippen LogP contribution in [0, 0.1) is 13.8 Å². The number of fused-ring (bicyclic) bond motifs is 1. The smallest absolute Gasteiger partial charge is 0.264 e. The third kappa shape index (κ3) is 5.37. The molecule has 0 aromatic heterocycles. The molecule has 2 aliphatic rings. The largest absolute Gasteiger partial charge is 0.486 e. The summed E-state index contributed by atoms with van der Waals surface area (Å²) in [6.45, 7) is 4.47. The molecule has 1 N–H and O–H groups in total. The fourth-order valence-corrected chi connectivity index (χ4v) is 5.41. The molecule has 10 heteroatoms. The maximum Gasteiger partial charge on any atom is 0.264 e. The third-order valence-electron chi connectivity index (χ3n) is 5.44. The molecule has 36 heavy (non-hydrogen) atoms. The predicted octanol–water partition coefficient (Wildman–Crippen LogP) is 7.57. The highest BCUT2D eigenvalue weighted by molar-refractivity contribution is 9.10. The first-order valence-electron chi connectivity index (χ1n) is 10.8. The number of nitrogens with zero attached hydrogens (tertiary/aromatic N) is 1. The predicted molar refractivity (Wildman–Crippen MR) is 148 cm³/mol. The van der Waals surface area contributed by atoms with Crippen LogP contribution in [-0.2, 0) is 11.4 Å². The van der Waals surface area contributed by atoms with E-state index in [2.05, 4.69) is 26.2 Å². The molecule has 184 valence electrons. The highest BCUT2D eigenvalue weighted by Gasteiger charge is 2.24. The lowest BCUT2D eigenvalue weighted by molar-refractivity contribution is -0.115. The average molecular weight is 606 g/mol. The number of carbonyl (C=O) groups is 1. The van der Waals surface area contributed by atoms with Gasteiger partial charge in [-0.2, -0.15) is 0 Å². The molecule has 0 spiro atoms. The minimum absolute atomic E-state index is 0.210. The Morgan fingerprint density at radius 3 is 2.50 bits per heavy atom. The van der Waals surface area contributed by atoms with E-state index in [-0.39, 0.29) is 19.3 Å². The van der Waals surface area contributed by atoms with Crippen molar-refractivity contribution in [3.8, 4) is 17.2 Å². The molecule has 2 aliphatic heterocycles. The van der Waals surface area contributed by atoms with Gasteiger partial charge in [-0.1, -0.05) is 45.2 Å². The molecule has 0 aliphatic carbocycles. The Balaban J connectivity index is 1.31. The van der Waals surface area contributed by atoms with Crippen LogP contribution in [0.3, 0.4) is 0 Å². The van der Waals surface area contributed by atoms with Gasteiger partial charge in [-0.15, -0.1) is 0 Å². The van der Waals surface area contributed by atoms with Crippen molar-refractivity contribution in [1.82, 2.24) is 5.32 Å². The van der Waals surface area contributed by atoms with E-state index in [1.165, 1.54) is 11.8 Å². The first-order valence-corrected chi connectivity index (χ1v) is 13.2. The summed E-state index contributed by atoms with van der Waals surface area (Å²) in [6, 6.07) is 12.9. The number of aliphatic imine (C=N–C) groups is 1. The van der Waals surface area contributed by atoms with Gasteiger partial charge in [0.25, 0.3) is 5.91 Å². The van der Waals surface area contributed by atoms with Crippen molar-refractivity contribution in [2.24, 2.45) is 4.99 Å². The van der Waals surface area contributed by atoms with Gasteiger partial charge in [-0.3, -0.25) is 4.79 Å². The Kier molecular flexibility index (Phi) is 7.21. The number of hydrogen-bond acceptors (Lipinski definition) is 6. The summed E-state index contributed by atoms with van der Waals surface area (Å²) < 4.78 is 17.7. The summed E-state index contributed by atoms with van der Waals surface area (Å²) in [5.41, 5.74) is 4.48. The Hall–Kier alpha value is -2.65. The molecule has 0 atom stereocenters. The molecule has 1 amide bonds. The number of hydrogen-bond donors (Lipinski definition) is 1. The van der Waals surface area contributed by atoms with E-state index < -0.39 is 0 Å². The number of amidine groups is 1. The van der Waals surface area contributed by atoms with Crippen LogP contribution < -0.4 is 19.5 Å². The Morgan fingerprint density at radius 2 is 1.78 bits per heavy atom. The van der Waals surface area contributed by atoms with Crippen LogP contribution in [0.5, 0.6) is 17.2 Å². The molecular formula is C26H19BrCl2N2O4S. The lowest BCUT2D eigenvalue weighted by Gasteiger charge is -2.11. The highest BCUT2D eigenvalue weighted by atomic mass is 79.9. The zero-order valence-electron chi connectivity index (χ0n) is 19.2. The van der Waals surface area contributed by atoms with Gasteiger partial charge in [0.05, 0.1) is 20.6 Å². The molecule has 0 radical (unpaired) electrons. The van der Waals surface area contributed by atoms with Crippen LogP contribution in [0.2, 0.25) is 10.0 Å². The van der Waals surface area contributed by atoms with Crippen molar-refractivity contribution < 1.29 is 19.0 Å². The van der Waals surface area contributed by atoms with E-state index in [1.807, 2.05) is 44.2 Å².